The molecule has 0 saturated carbocycles. The molecule has 152 valence electrons. The van der Waals surface area contributed by atoms with Crippen molar-refractivity contribution < 1.29 is 14.7 Å². The van der Waals surface area contributed by atoms with E-state index in [1.807, 2.05) is 4.90 Å². The van der Waals surface area contributed by atoms with Crippen molar-refractivity contribution in [2.24, 2.45) is 0 Å². The number of hydrogen-bond donors (Lipinski definition) is 1. The SMILES string of the molecule is CCCCCN1C(=O)C(c2ccc(Cl)cc2)=C(N2CCN(CCO)CC2)C1=O. The summed E-state index contributed by atoms with van der Waals surface area (Å²) in [6.45, 7) is 6.15. The summed E-state index contributed by atoms with van der Waals surface area (Å²) in [7, 11) is 0. The van der Waals surface area contributed by atoms with Crippen LogP contribution in [0.2, 0.25) is 5.02 Å². The van der Waals surface area contributed by atoms with Crippen molar-refractivity contribution in [2.45, 2.75) is 26.2 Å². The molecule has 2 aliphatic rings. The van der Waals surface area contributed by atoms with E-state index in [1.54, 1.807) is 24.3 Å². The van der Waals surface area contributed by atoms with Gasteiger partial charge in [0.25, 0.3) is 11.8 Å². The monoisotopic (exact) mass is 405 g/mol. The first-order valence-corrected chi connectivity index (χ1v) is 10.4. The summed E-state index contributed by atoms with van der Waals surface area (Å²) in [5.74, 6) is -0.405. The fourth-order valence-corrected chi connectivity index (χ4v) is 3.92. The number of carbonyl (C=O) groups is 2. The van der Waals surface area contributed by atoms with Gasteiger partial charge < -0.3 is 10.0 Å². The van der Waals surface area contributed by atoms with Crippen molar-refractivity contribution in [1.29, 1.82) is 0 Å². The molecule has 1 N–H and O–H groups in total. The molecule has 0 bridgehead atoms. The van der Waals surface area contributed by atoms with E-state index in [0.29, 0.717) is 42.5 Å². The summed E-state index contributed by atoms with van der Waals surface area (Å²) in [6, 6.07) is 7.11. The maximum atomic E-state index is 13.2. The molecule has 1 fully saturated rings. The number of unbranched alkanes of at least 4 members (excludes halogenated alkanes) is 2. The fourth-order valence-electron chi connectivity index (χ4n) is 3.79. The lowest BCUT2D eigenvalue weighted by molar-refractivity contribution is -0.137. The first-order valence-electron chi connectivity index (χ1n) is 10.0. The van der Waals surface area contributed by atoms with Crippen LogP contribution in [0.15, 0.2) is 30.0 Å². The molecule has 28 heavy (non-hydrogen) atoms. The first-order chi connectivity index (χ1) is 13.6. The van der Waals surface area contributed by atoms with Gasteiger partial charge in [0.1, 0.15) is 5.70 Å². The summed E-state index contributed by atoms with van der Waals surface area (Å²) in [4.78, 5) is 31.9. The average molecular weight is 406 g/mol. The van der Waals surface area contributed by atoms with E-state index in [1.165, 1.54) is 4.90 Å². The summed E-state index contributed by atoms with van der Waals surface area (Å²) < 4.78 is 0. The molecule has 2 amide bonds. The molecule has 0 spiro atoms. The van der Waals surface area contributed by atoms with Gasteiger partial charge in [0, 0.05) is 44.3 Å². The Balaban J connectivity index is 1.89. The molecule has 7 heteroatoms. The molecule has 2 heterocycles. The van der Waals surface area contributed by atoms with Crippen LogP contribution >= 0.6 is 11.6 Å². The van der Waals surface area contributed by atoms with Crippen LogP contribution in [0.4, 0.5) is 0 Å². The van der Waals surface area contributed by atoms with Crippen LogP contribution in [0.1, 0.15) is 31.7 Å². The molecule has 0 atom stereocenters. The molecule has 1 aromatic carbocycles. The maximum absolute atomic E-state index is 13.2. The minimum atomic E-state index is -0.212. The second-order valence-electron chi connectivity index (χ2n) is 7.25. The predicted octanol–water partition coefficient (Wildman–Crippen LogP) is 2.22. The summed E-state index contributed by atoms with van der Waals surface area (Å²) in [6.07, 6.45) is 2.84. The molecular formula is C21H28ClN3O3. The number of hydrogen-bond acceptors (Lipinski definition) is 5. The van der Waals surface area contributed by atoms with Crippen LogP contribution in [0.5, 0.6) is 0 Å². The van der Waals surface area contributed by atoms with Gasteiger partial charge in [-0.3, -0.25) is 19.4 Å². The maximum Gasteiger partial charge on any atom is 0.277 e. The van der Waals surface area contributed by atoms with Gasteiger partial charge in [0.05, 0.1) is 12.2 Å². The van der Waals surface area contributed by atoms with Crippen LogP contribution in [0.25, 0.3) is 5.57 Å². The summed E-state index contributed by atoms with van der Waals surface area (Å²) >= 11 is 6.01. The topological polar surface area (TPSA) is 64.1 Å². The highest BCUT2D eigenvalue weighted by Gasteiger charge is 2.41. The van der Waals surface area contributed by atoms with Gasteiger partial charge in [-0.25, -0.2) is 0 Å². The molecule has 1 saturated heterocycles. The van der Waals surface area contributed by atoms with Crippen molar-refractivity contribution in [1.82, 2.24) is 14.7 Å². The molecular weight excluding hydrogens is 378 g/mol. The highest BCUT2D eigenvalue weighted by molar-refractivity contribution is 6.36. The molecule has 0 aromatic heterocycles. The van der Waals surface area contributed by atoms with Crippen LogP contribution < -0.4 is 0 Å². The molecule has 3 rings (SSSR count). The normalized spacial score (nSPS) is 18.5. The van der Waals surface area contributed by atoms with E-state index >= 15 is 0 Å². The van der Waals surface area contributed by atoms with E-state index in [4.69, 9.17) is 16.7 Å². The van der Waals surface area contributed by atoms with Gasteiger partial charge in [0.15, 0.2) is 0 Å². The molecule has 2 aliphatic heterocycles. The third-order valence-corrected chi connectivity index (χ3v) is 5.62. The lowest BCUT2D eigenvalue weighted by Gasteiger charge is -2.36. The van der Waals surface area contributed by atoms with Crippen LogP contribution in [-0.2, 0) is 9.59 Å². The number of aliphatic hydroxyl groups excluding tert-OH is 1. The minimum Gasteiger partial charge on any atom is -0.395 e. The lowest BCUT2D eigenvalue weighted by Crippen LogP contribution is -2.48. The minimum absolute atomic E-state index is 0.126. The number of benzene rings is 1. The van der Waals surface area contributed by atoms with Crippen molar-refractivity contribution in [2.75, 3.05) is 45.9 Å². The number of rotatable bonds is 8. The number of halogens is 1. The third-order valence-electron chi connectivity index (χ3n) is 5.37. The van der Waals surface area contributed by atoms with E-state index in [9.17, 15) is 9.59 Å². The fraction of sp³-hybridized carbons (Fsp3) is 0.524. The second kappa shape index (κ2) is 9.54. The van der Waals surface area contributed by atoms with Crippen molar-refractivity contribution in [3.63, 3.8) is 0 Å². The highest BCUT2D eigenvalue weighted by atomic mass is 35.5. The molecule has 0 aliphatic carbocycles. The molecule has 0 radical (unpaired) electrons. The largest absolute Gasteiger partial charge is 0.395 e. The lowest BCUT2D eigenvalue weighted by atomic mass is 10.0. The Morgan fingerprint density at radius 2 is 1.64 bits per heavy atom. The van der Waals surface area contributed by atoms with E-state index in [0.717, 1.165) is 37.9 Å². The Hall–Kier alpha value is -1.89. The second-order valence-corrected chi connectivity index (χ2v) is 7.69. The third kappa shape index (κ3) is 4.40. The standard InChI is InChI=1S/C21H28ClN3O3/c1-2-3-4-9-25-20(27)18(16-5-7-17(22)8-6-16)19(21(25)28)24-12-10-23(11-13-24)14-15-26/h5-8,26H,2-4,9-15H2,1H3. The first kappa shape index (κ1) is 20.8. The Morgan fingerprint density at radius 1 is 0.964 bits per heavy atom. The Morgan fingerprint density at radius 3 is 2.25 bits per heavy atom. The Labute approximate surface area is 171 Å². The number of amides is 2. The summed E-state index contributed by atoms with van der Waals surface area (Å²) in [5.41, 5.74) is 1.72. The Bertz CT molecular complexity index is 740. The van der Waals surface area contributed by atoms with Gasteiger partial charge in [-0.15, -0.1) is 0 Å². The van der Waals surface area contributed by atoms with Gasteiger partial charge in [-0.2, -0.15) is 0 Å². The van der Waals surface area contributed by atoms with Crippen molar-refractivity contribution in [3.8, 4) is 0 Å². The average Bonchev–Trinajstić information content (AvgIpc) is 2.94. The zero-order chi connectivity index (χ0) is 20.1. The number of β-amino-alcohol motifs (C(OH)–C–C–N with tert-alkyl or cyclic N) is 1. The summed E-state index contributed by atoms with van der Waals surface area (Å²) in [5, 5.41) is 9.74. The number of piperazine rings is 1. The number of carbonyl (C=O) groups excluding carboxylic acids is 2. The van der Waals surface area contributed by atoms with Gasteiger partial charge in [-0.05, 0) is 24.1 Å². The molecule has 0 unspecified atom stereocenters. The number of nitrogens with zero attached hydrogens (tertiary/aromatic N) is 3. The predicted molar refractivity (Wildman–Crippen MR) is 110 cm³/mol. The zero-order valence-electron chi connectivity index (χ0n) is 16.4. The van der Waals surface area contributed by atoms with Crippen LogP contribution in [0.3, 0.4) is 0 Å². The Kier molecular flexibility index (Phi) is 7.10. The van der Waals surface area contributed by atoms with E-state index < -0.39 is 0 Å². The van der Waals surface area contributed by atoms with Gasteiger partial charge in [0.2, 0.25) is 0 Å². The quantitative estimate of drug-likeness (QED) is 0.530. The number of imide groups is 1. The van der Waals surface area contributed by atoms with Crippen molar-refractivity contribution >= 4 is 29.0 Å². The van der Waals surface area contributed by atoms with Gasteiger partial charge >= 0.3 is 0 Å². The number of aliphatic hydroxyl groups is 1. The van der Waals surface area contributed by atoms with Crippen LogP contribution in [-0.4, -0.2) is 77.5 Å². The highest BCUT2D eigenvalue weighted by Crippen LogP contribution is 2.33. The molecule has 1 aromatic rings. The van der Waals surface area contributed by atoms with Gasteiger partial charge in [-0.1, -0.05) is 43.5 Å². The van der Waals surface area contributed by atoms with E-state index in [-0.39, 0.29) is 18.4 Å². The molecule has 6 nitrogen and oxygen atoms in total. The van der Waals surface area contributed by atoms with Crippen LogP contribution in [0, 0.1) is 0 Å². The smallest absolute Gasteiger partial charge is 0.277 e. The zero-order valence-corrected chi connectivity index (χ0v) is 17.1. The van der Waals surface area contributed by atoms with E-state index in [2.05, 4.69) is 11.8 Å². The van der Waals surface area contributed by atoms with Crippen molar-refractivity contribution in [3.05, 3.63) is 40.5 Å².